The van der Waals surface area contributed by atoms with Crippen molar-refractivity contribution in [2.45, 2.75) is 31.6 Å². The number of piperidine rings is 1. The number of ether oxygens (including phenoxy) is 2. The highest BCUT2D eigenvalue weighted by atomic mass is 19.4. The lowest BCUT2D eigenvalue weighted by molar-refractivity contribution is -0.137. The summed E-state index contributed by atoms with van der Waals surface area (Å²) in [7, 11) is 3.22. The van der Waals surface area contributed by atoms with Gasteiger partial charge in [-0.15, -0.1) is 0 Å². The van der Waals surface area contributed by atoms with Crippen LogP contribution in [-0.2, 0) is 12.7 Å². The van der Waals surface area contributed by atoms with Crippen LogP contribution in [-0.4, -0.2) is 38.3 Å². The number of rotatable bonds is 6. The molecule has 1 saturated heterocycles. The van der Waals surface area contributed by atoms with E-state index in [1.165, 1.54) is 6.07 Å². The van der Waals surface area contributed by atoms with Crippen LogP contribution in [0, 0.1) is 0 Å². The smallest absolute Gasteiger partial charge is 0.417 e. The van der Waals surface area contributed by atoms with Crippen molar-refractivity contribution in [1.82, 2.24) is 10.3 Å². The zero-order chi connectivity index (χ0) is 20.1. The molecule has 0 spiro atoms. The van der Waals surface area contributed by atoms with Crippen LogP contribution in [0.3, 0.4) is 0 Å². The van der Waals surface area contributed by atoms with Crippen LogP contribution in [0.1, 0.15) is 24.0 Å². The lowest BCUT2D eigenvalue weighted by atomic mass is 10.0. The summed E-state index contributed by atoms with van der Waals surface area (Å²) >= 11 is 0. The van der Waals surface area contributed by atoms with Gasteiger partial charge >= 0.3 is 6.18 Å². The van der Waals surface area contributed by atoms with E-state index in [1.807, 2.05) is 23.1 Å². The average molecular weight is 395 g/mol. The summed E-state index contributed by atoms with van der Waals surface area (Å²) < 4.78 is 48.5. The molecule has 0 atom stereocenters. The SMILES string of the molecule is COc1ccc(CNC2CCN(c3ccc(C(F)(F)F)cn3)CC2)cc1OC. The lowest BCUT2D eigenvalue weighted by Gasteiger charge is -2.33. The summed E-state index contributed by atoms with van der Waals surface area (Å²) in [4.78, 5) is 6.01. The van der Waals surface area contributed by atoms with Gasteiger partial charge in [0.15, 0.2) is 11.5 Å². The summed E-state index contributed by atoms with van der Waals surface area (Å²) in [5, 5.41) is 3.54. The first kappa shape index (κ1) is 20.3. The van der Waals surface area contributed by atoms with E-state index in [0.29, 0.717) is 29.9 Å². The second-order valence-electron chi connectivity index (χ2n) is 6.73. The normalized spacial score (nSPS) is 15.5. The van der Waals surface area contributed by atoms with E-state index in [-0.39, 0.29) is 0 Å². The van der Waals surface area contributed by atoms with Crippen LogP contribution in [0.5, 0.6) is 11.5 Å². The fourth-order valence-electron chi connectivity index (χ4n) is 3.31. The van der Waals surface area contributed by atoms with Gasteiger partial charge in [-0.3, -0.25) is 0 Å². The van der Waals surface area contributed by atoms with Gasteiger partial charge in [-0.25, -0.2) is 4.98 Å². The largest absolute Gasteiger partial charge is 0.493 e. The predicted octanol–water partition coefficient (Wildman–Crippen LogP) is 3.88. The van der Waals surface area contributed by atoms with Gasteiger partial charge in [0.25, 0.3) is 0 Å². The molecule has 0 radical (unpaired) electrons. The number of hydrogen-bond acceptors (Lipinski definition) is 5. The fraction of sp³-hybridized carbons (Fsp3) is 0.450. The van der Waals surface area contributed by atoms with Gasteiger partial charge in [0.05, 0.1) is 19.8 Å². The number of nitrogens with zero attached hydrogens (tertiary/aromatic N) is 2. The van der Waals surface area contributed by atoms with Crippen molar-refractivity contribution in [3.05, 3.63) is 47.7 Å². The maximum absolute atomic E-state index is 12.7. The zero-order valence-electron chi connectivity index (χ0n) is 15.9. The summed E-state index contributed by atoms with van der Waals surface area (Å²) in [6, 6.07) is 8.71. The van der Waals surface area contributed by atoms with Crippen LogP contribution < -0.4 is 19.7 Å². The van der Waals surface area contributed by atoms with E-state index in [9.17, 15) is 13.2 Å². The molecule has 1 aliphatic heterocycles. The molecule has 0 aliphatic carbocycles. The van der Waals surface area contributed by atoms with Crippen molar-refractivity contribution in [2.24, 2.45) is 0 Å². The number of nitrogens with one attached hydrogen (secondary N) is 1. The third kappa shape index (κ3) is 4.86. The molecule has 28 heavy (non-hydrogen) atoms. The van der Waals surface area contributed by atoms with Gasteiger partial charge in [-0.1, -0.05) is 6.07 Å². The fourth-order valence-corrected chi connectivity index (χ4v) is 3.31. The van der Waals surface area contributed by atoms with Gasteiger partial charge in [-0.2, -0.15) is 13.2 Å². The van der Waals surface area contributed by atoms with E-state index < -0.39 is 11.7 Å². The molecule has 0 saturated carbocycles. The Morgan fingerprint density at radius 2 is 1.79 bits per heavy atom. The Kier molecular flexibility index (Phi) is 6.28. The number of pyridine rings is 1. The van der Waals surface area contributed by atoms with Crippen LogP contribution in [0.4, 0.5) is 19.0 Å². The summed E-state index contributed by atoms with van der Waals surface area (Å²) in [6.07, 6.45) is -1.66. The number of alkyl halides is 3. The molecule has 0 bridgehead atoms. The summed E-state index contributed by atoms with van der Waals surface area (Å²) in [6.45, 7) is 2.22. The summed E-state index contributed by atoms with van der Waals surface area (Å²) in [5.74, 6) is 1.99. The molecule has 1 aliphatic rings. The molecule has 5 nitrogen and oxygen atoms in total. The Bertz CT molecular complexity index is 773. The monoisotopic (exact) mass is 395 g/mol. The van der Waals surface area contributed by atoms with Crippen LogP contribution >= 0.6 is 0 Å². The Hall–Kier alpha value is -2.48. The molecule has 1 fully saturated rings. The number of benzene rings is 1. The zero-order valence-corrected chi connectivity index (χ0v) is 15.9. The minimum absolute atomic E-state index is 0.346. The van der Waals surface area contributed by atoms with E-state index in [4.69, 9.17) is 9.47 Å². The number of hydrogen-bond donors (Lipinski definition) is 1. The molecule has 152 valence electrons. The van der Waals surface area contributed by atoms with Crippen molar-refractivity contribution in [1.29, 1.82) is 0 Å². The molecular weight excluding hydrogens is 371 g/mol. The minimum Gasteiger partial charge on any atom is -0.493 e. The van der Waals surface area contributed by atoms with E-state index in [2.05, 4.69) is 10.3 Å². The second kappa shape index (κ2) is 8.68. The second-order valence-corrected chi connectivity index (χ2v) is 6.73. The Labute approximate surface area is 162 Å². The number of anilines is 1. The van der Waals surface area contributed by atoms with E-state index in [1.54, 1.807) is 14.2 Å². The Balaban J connectivity index is 1.50. The van der Waals surface area contributed by atoms with Crippen molar-refractivity contribution in [3.63, 3.8) is 0 Å². The third-order valence-electron chi connectivity index (χ3n) is 4.94. The number of aromatic nitrogens is 1. The maximum Gasteiger partial charge on any atom is 0.417 e. The van der Waals surface area contributed by atoms with Crippen molar-refractivity contribution in [3.8, 4) is 11.5 Å². The third-order valence-corrected chi connectivity index (χ3v) is 4.94. The minimum atomic E-state index is -4.35. The number of methoxy groups -OCH3 is 2. The van der Waals surface area contributed by atoms with Crippen LogP contribution in [0.25, 0.3) is 0 Å². The van der Waals surface area contributed by atoms with Gasteiger partial charge in [0.1, 0.15) is 5.82 Å². The van der Waals surface area contributed by atoms with E-state index in [0.717, 1.165) is 43.8 Å². The maximum atomic E-state index is 12.7. The topological polar surface area (TPSA) is 46.6 Å². The Morgan fingerprint density at radius 1 is 1.07 bits per heavy atom. The average Bonchev–Trinajstić information content (AvgIpc) is 2.72. The number of halogens is 3. The van der Waals surface area contributed by atoms with E-state index >= 15 is 0 Å². The molecule has 0 unspecified atom stereocenters. The molecule has 1 aromatic heterocycles. The first-order valence-electron chi connectivity index (χ1n) is 9.13. The molecule has 8 heteroatoms. The van der Waals surface area contributed by atoms with Crippen LogP contribution in [0.2, 0.25) is 0 Å². The molecule has 3 rings (SSSR count). The molecular formula is C20H24F3N3O2. The standard InChI is InChI=1S/C20H24F3N3O2/c1-27-17-5-3-14(11-18(17)28-2)12-24-16-7-9-26(10-8-16)19-6-4-15(13-25-19)20(21,22)23/h3-6,11,13,16,24H,7-10,12H2,1-2H3. The lowest BCUT2D eigenvalue weighted by Crippen LogP contribution is -2.42. The van der Waals surface area contributed by atoms with Gasteiger partial charge in [-0.05, 0) is 42.7 Å². The van der Waals surface area contributed by atoms with Gasteiger partial charge in [0.2, 0.25) is 0 Å². The molecule has 1 N–H and O–H groups in total. The van der Waals surface area contributed by atoms with Crippen molar-refractivity contribution in [2.75, 3.05) is 32.2 Å². The molecule has 2 aromatic rings. The van der Waals surface area contributed by atoms with Gasteiger partial charge < -0.3 is 19.7 Å². The highest BCUT2D eigenvalue weighted by Crippen LogP contribution is 2.30. The van der Waals surface area contributed by atoms with Crippen LogP contribution in [0.15, 0.2) is 36.5 Å². The Morgan fingerprint density at radius 3 is 2.36 bits per heavy atom. The molecule has 0 amide bonds. The highest BCUT2D eigenvalue weighted by Gasteiger charge is 2.31. The van der Waals surface area contributed by atoms with Crippen molar-refractivity contribution >= 4 is 5.82 Å². The quantitative estimate of drug-likeness (QED) is 0.805. The van der Waals surface area contributed by atoms with Crippen molar-refractivity contribution < 1.29 is 22.6 Å². The highest BCUT2D eigenvalue weighted by molar-refractivity contribution is 5.43. The molecule has 1 aromatic carbocycles. The molecule has 2 heterocycles. The predicted molar refractivity (Wildman–Crippen MR) is 101 cm³/mol. The summed E-state index contributed by atoms with van der Waals surface area (Å²) in [5.41, 5.74) is 0.382. The first-order valence-corrected chi connectivity index (χ1v) is 9.13. The first-order chi connectivity index (χ1) is 13.4. The van der Waals surface area contributed by atoms with Gasteiger partial charge in [0, 0.05) is 31.9 Å².